The SMILES string of the molecule is CN(Cc1ccc(Cl)s1)c1ccc(C(=O)O)cc1Cl. The number of carbonyl (C=O) groups is 1. The van der Waals surface area contributed by atoms with Crippen LogP contribution in [0.1, 0.15) is 15.2 Å². The number of carboxylic acid groups (broad SMARTS) is 1. The van der Waals surface area contributed by atoms with Crippen molar-refractivity contribution in [3.8, 4) is 0 Å². The van der Waals surface area contributed by atoms with E-state index in [2.05, 4.69) is 0 Å². The molecule has 3 nitrogen and oxygen atoms in total. The third kappa shape index (κ3) is 3.41. The molecule has 1 aromatic carbocycles. The zero-order chi connectivity index (χ0) is 14.0. The standard InChI is InChI=1S/C13H11Cl2NO2S/c1-16(7-9-3-5-12(15)19-9)11-4-2-8(13(17)18)6-10(11)14/h2-6H,7H2,1H3,(H,17,18). The van der Waals surface area contributed by atoms with Crippen LogP contribution in [0, 0.1) is 0 Å². The van der Waals surface area contributed by atoms with Gasteiger partial charge in [0.1, 0.15) is 0 Å². The van der Waals surface area contributed by atoms with Crippen molar-refractivity contribution >= 4 is 46.2 Å². The summed E-state index contributed by atoms with van der Waals surface area (Å²) in [4.78, 5) is 13.9. The summed E-state index contributed by atoms with van der Waals surface area (Å²) in [5.74, 6) is -0.985. The molecule has 0 unspecified atom stereocenters. The van der Waals surface area contributed by atoms with Gasteiger partial charge in [0.05, 0.1) is 27.2 Å². The van der Waals surface area contributed by atoms with E-state index >= 15 is 0 Å². The van der Waals surface area contributed by atoms with Gasteiger partial charge in [-0.2, -0.15) is 0 Å². The molecule has 1 aromatic heterocycles. The Bertz CT molecular complexity index is 612. The van der Waals surface area contributed by atoms with E-state index in [4.69, 9.17) is 28.3 Å². The highest BCUT2D eigenvalue weighted by Gasteiger charge is 2.11. The first-order valence-corrected chi connectivity index (χ1v) is 7.03. The van der Waals surface area contributed by atoms with Crippen molar-refractivity contribution in [2.75, 3.05) is 11.9 Å². The summed E-state index contributed by atoms with van der Waals surface area (Å²) < 4.78 is 0.746. The Hall–Kier alpha value is -1.23. The second-order valence-electron chi connectivity index (χ2n) is 4.03. The van der Waals surface area contributed by atoms with Gasteiger partial charge in [0.2, 0.25) is 0 Å². The number of hydrogen-bond donors (Lipinski definition) is 1. The van der Waals surface area contributed by atoms with Crippen LogP contribution in [0.15, 0.2) is 30.3 Å². The molecule has 2 aromatic rings. The Morgan fingerprint density at radius 3 is 2.58 bits per heavy atom. The molecule has 0 fully saturated rings. The van der Waals surface area contributed by atoms with E-state index in [-0.39, 0.29) is 5.56 Å². The first kappa shape index (κ1) is 14.2. The zero-order valence-corrected chi connectivity index (χ0v) is 12.4. The van der Waals surface area contributed by atoms with Crippen LogP contribution in [0.4, 0.5) is 5.69 Å². The third-order valence-electron chi connectivity index (χ3n) is 2.63. The van der Waals surface area contributed by atoms with Crippen LogP contribution in [0.2, 0.25) is 9.36 Å². The minimum Gasteiger partial charge on any atom is -0.478 e. The van der Waals surface area contributed by atoms with Gasteiger partial charge in [0.15, 0.2) is 0 Å². The molecule has 0 bridgehead atoms. The maximum atomic E-state index is 10.8. The van der Waals surface area contributed by atoms with Crippen molar-refractivity contribution in [1.29, 1.82) is 0 Å². The van der Waals surface area contributed by atoms with Crippen LogP contribution < -0.4 is 4.90 Å². The summed E-state index contributed by atoms with van der Waals surface area (Å²) in [6.07, 6.45) is 0. The molecule has 0 amide bonds. The zero-order valence-electron chi connectivity index (χ0n) is 10.1. The van der Waals surface area contributed by atoms with Gasteiger partial charge in [-0.15, -0.1) is 11.3 Å². The van der Waals surface area contributed by atoms with Crippen LogP contribution in [0.3, 0.4) is 0 Å². The van der Waals surface area contributed by atoms with E-state index in [0.29, 0.717) is 11.6 Å². The van der Waals surface area contributed by atoms with Crippen LogP contribution in [-0.2, 0) is 6.54 Å². The van der Waals surface area contributed by atoms with Crippen molar-refractivity contribution < 1.29 is 9.90 Å². The molecule has 1 N–H and O–H groups in total. The highest BCUT2D eigenvalue weighted by atomic mass is 35.5. The second kappa shape index (κ2) is 5.82. The molecule has 100 valence electrons. The molecule has 0 atom stereocenters. The van der Waals surface area contributed by atoms with E-state index in [9.17, 15) is 4.79 Å². The number of anilines is 1. The van der Waals surface area contributed by atoms with Crippen molar-refractivity contribution in [3.05, 3.63) is 50.1 Å². The monoisotopic (exact) mass is 315 g/mol. The Morgan fingerprint density at radius 1 is 1.32 bits per heavy atom. The lowest BCUT2D eigenvalue weighted by molar-refractivity contribution is 0.0697. The number of benzene rings is 1. The minimum absolute atomic E-state index is 0.182. The minimum atomic E-state index is -0.985. The van der Waals surface area contributed by atoms with E-state index in [0.717, 1.165) is 14.9 Å². The van der Waals surface area contributed by atoms with Gasteiger partial charge in [-0.25, -0.2) is 4.79 Å². The quantitative estimate of drug-likeness (QED) is 0.909. The Morgan fingerprint density at radius 2 is 2.05 bits per heavy atom. The van der Waals surface area contributed by atoms with Gasteiger partial charge in [-0.3, -0.25) is 0 Å². The number of carboxylic acids is 1. The first-order chi connectivity index (χ1) is 8.97. The molecule has 0 saturated heterocycles. The normalized spacial score (nSPS) is 10.5. The molecule has 0 aliphatic carbocycles. The molecule has 0 saturated carbocycles. The summed E-state index contributed by atoms with van der Waals surface area (Å²) in [6, 6.07) is 8.52. The van der Waals surface area contributed by atoms with Crippen molar-refractivity contribution in [1.82, 2.24) is 0 Å². The molecule has 19 heavy (non-hydrogen) atoms. The molecular weight excluding hydrogens is 305 g/mol. The lowest BCUT2D eigenvalue weighted by atomic mass is 10.2. The average Bonchev–Trinajstić information content (AvgIpc) is 2.74. The molecule has 6 heteroatoms. The predicted molar refractivity (Wildman–Crippen MR) is 79.8 cm³/mol. The number of aromatic carboxylic acids is 1. The summed E-state index contributed by atoms with van der Waals surface area (Å²) in [5.41, 5.74) is 0.970. The number of rotatable bonds is 4. The van der Waals surface area contributed by atoms with Gasteiger partial charge in [0.25, 0.3) is 0 Å². The van der Waals surface area contributed by atoms with Gasteiger partial charge < -0.3 is 10.0 Å². The Labute approximate surface area is 125 Å². The lowest BCUT2D eigenvalue weighted by Gasteiger charge is -2.20. The van der Waals surface area contributed by atoms with E-state index < -0.39 is 5.97 Å². The van der Waals surface area contributed by atoms with E-state index in [1.165, 1.54) is 17.4 Å². The summed E-state index contributed by atoms with van der Waals surface area (Å²) in [7, 11) is 1.90. The smallest absolute Gasteiger partial charge is 0.335 e. The van der Waals surface area contributed by atoms with Gasteiger partial charge >= 0.3 is 5.97 Å². The third-order valence-corrected chi connectivity index (χ3v) is 4.15. The molecule has 0 aliphatic rings. The fourth-order valence-corrected chi connectivity index (χ4v) is 3.17. The van der Waals surface area contributed by atoms with Crippen LogP contribution in [-0.4, -0.2) is 18.1 Å². The molecule has 0 aliphatic heterocycles. The Kier molecular flexibility index (Phi) is 4.34. The fourth-order valence-electron chi connectivity index (χ4n) is 1.71. The number of nitrogens with zero attached hydrogens (tertiary/aromatic N) is 1. The summed E-state index contributed by atoms with van der Waals surface area (Å²) >= 11 is 13.5. The molecule has 0 radical (unpaired) electrons. The number of hydrogen-bond acceptors (Lipinski definition) is 3. The lowest BCUT2D eigenvalue weighted by Crippen LogP contribution is -2.16. The van der Waals surface area contributed by atoms with Gasteiger partial charge in [0, 0.05) is 11.9 Å². The average molecular weight is 316 g/mol. The van der Waals surface area contributed by atoms with Crippen molar-refractivity contribution in [2.24, 2.45) is 0 Å². The van der Waals surface area contributed by atoms with Crippen LogP contribution in [0.5, 0.6) is 0 Å². The maximum absolute atomic E-state index is 10.8. The number of thiophene rings is 1. The summed E-state index contributed by atoms with van der Waals surface area (Å²) in [5, 5.41) is 9.31. The summed E-state index contributed by atoms with van der Waals surface area (Å²) in [6.45, 7) is 0.670. The molecule has 1 heterocycles. The Balaban J connectivity index is 2.19. The first-order valence-electron chi connectivity index (χ1n) is 5.45. The molecular formula is C13H11Cl2NO2S. The highest BCUT2D eigenvalue weighted by molar-refractivity contribution is 7.16. The van der Waals surface area contributed by atoms with Crippen molar-refractivity contribution in [3.63, 3.8) is 0 Å². The van der Waals surface area contributed by atoms with E-state index in [1.807, 2.05) is 24.1 Å². The largest absolute Gasteiger partial charge is 0.478 e. The van der Waals surface area contributed by atoms with Gasteiger partial charge in [-0.05, 0) is 30.3 Å². The fraction of sp³-hybridized carbons (Fsp3) is 0.154. The maximum Gasteiger partial charge on any atom is 0.335 e. The van der Waals surface area contributed by atoms with Crippen LogP contribution >= 0.6 is 34.5 Å². The van der Waals surface area contributed by atoms with Gasteiger partial charge in [-0.1, -0.05) is 23.2 Å². The van der Waals surface area contributed by atoms with Crippen LogP contribution in [0.25, 0.3) is 0 Å². The van der Waals surface area contributed by atoms with E-state index in [1.54, 1.807) is 12.1 Å². The molecule has 0 spiro atoms. The topological polar surface area (TPSA) is 40.5 Å². The van der Waals surface area contributed by atoms with Crippen molar-refractivity contribution in [2.45, 2.75) is 6.54 Å². The predicted octanol–water partition coefficient (Wildman–Crippen LogP) is 4.39. The highest BCUT2D eigenvalue weighted by Crippen LogP contribution is 2.29. The molecule has 2 rings (SSSR count). The second-order valence-corrected chi connectivity index (χ2v) is 6.24. The number of halogens is 2.